The Balaban J connectivity index is 2.13. The van der Waals surface area contributed by atoms with Gasteiger partial charge in [0.2, 0.25) is 0 Å². The Hall–Kier alpha value is -1.86. The molecular weight excluding hydrogens is 352 g/mol. The predicted octanol–water partition coefficient (Wildman–Crippen LogP) is 3.58. The van der Waals surface area contributed by atoms with E-state index in [1.165, 1.54) is 11.3 Å². The number of aryl methyl sites for hydroxylation is 2. The van der Waals surface area contributed by atoms with Crippen molar-refractivity contribution in [2.75, 3.05) is 0 Å². The number of carbonyl (C=O) groups is 1. The quantitative estimate of drug-likeness (QED) is 0.668. The average Bonchev–Trinajstić information content (AvgIpc) is 3.03. The summed E-state index contributed by atoms with van der Waals surface area (Å²) in [5, 5.41) is 4.47. The predicted molar refractivity (Wildman–Crippen MR) is 85.0 cm³/mol. The summed E-state index contributed by atoms with van der Waals surface area (Å²) in [7, 11) is 0. The summed E-state index contributed by atoms with van der Waals surface area (Å²) in [5.41, 5.74) is 2.89. The Morgan fingerprint density at radius 2 is 1.95 bits per heavy atom. The van der Waals surface area contributed by atoms with Crippen LogP contribution < -0.4 is 0 Å². The Morgan fingerprint density at radius 3 is 2.52 bits per heavy atom. The highest BCUT2D eigenvalue weighted by Gasteiger charge is 2.15. The van der Waals surface area contributed by atoms with Crippen molar-refractivity contribution in [3.05, 3.63) is 45.1 Å². The molecule has 0 aromatic carbocycles. The van der Waals surface area contributed by atoms with Crippen molar-refractivity contribution in [2.45, 2.75) is 13.8 Å². The summed E-state index contributed by atoms with van der Waals surface area (Å²) in [6.07, 6.45) is 2.46. The van der Waals surface area contributed by atoms with Crippen molar-refractivity contribution in [3.8, 4) is 16.5 Å². The number of nitrogens with zero attached hydrogens (tertiary/aromatic N) is 4. The van der Waals surface area contributed by atoms with Gasteiger partial charge in [-0.25, -0.2) is 14.6 Å². The van der Waals surface area contributed by atoms with E-state index in [0.717, 1.165) is 26.3 Å². The van der Waals surface area contributed by atoms with Gasteiger partial charge < -0.3 is 0 Å². The topological polar surface area (TPSA) is 60.7 Å². The van der Waals surface area contributed by atoms with Crippen LogP contribution in [0.3, 0.4) is 0 Å². The average molecular weight is 363 g/mol. The molecule has 3 rings (SSSR count). The minimum Gasteiger partial charge on any atom is -0.298 e. The van der Waals surface area contributed by atoms with Crippen LogP contribution in [-0.4, -0.2) is 26.0 Å². The molecule has 106 valence electrons. The molecule has 0 amide bonds. The second-order valence-corrected chi connectivity index (χ2v) is 7.01. The summed E-state index contributed by atoms with van der Waals surface area (Å²) >= 11 is 4.94. The van der Waals surface area contributed by atoms with Crippen molar-refractivity contribution < 1.29 is 4.79 Å². The maximum Gasteiger partial charge on any atom is 0.250 e. The third kappa shape index (κ3) is 2.79. The van der Waals surface area contributed by atoms with Gasteiger partial charge in [-0.05, 0) is 48.0 Å². The van der Waals surface area contributed by atoms with E-state index in [-0.39, 0.29) is 0 Å². The molecule has 3 heterocycles. The molecule has 0 saturated carbocycles. The van der Waals surface area contributed by atoms with Crippen molar-refractivity contribution in [1.29, 1.82) is 0 Å². The molecule has 0 aliphatic heterocycles. The molecule has 3 aromatic rings. The molecule has 0 N–H and O–H groups in total. The lowest BCUT2D eigenvalue weighted by Crippen LogP contribution is -2.04. The molecule has 7 heteroatoms. The van der Waals surface area contributed by atoms with E-state index in [0.29, 0.717) is 17.2 Å². The van der Waals surface area contributed by atoms with E-state index in [1.54, 1.807) is 10.9 Å². The minimum atomic E-state index is 0.470. The third-order valence-corrected chi connectivity index (χ3v) is 4.48. The monoisotopic (exact) mass is 362 g/mol. The fourth-order valence-electron chi connectivity index (χ4n) is 2.02. The van der Waals surface area contributed by atoms with Gasteiger partial charge in [0.1, 0.15) is 5.69 Å². The Bertz CT molecular complexity index is 804. The van der Waals surface area contributed by atoms with Crippen LogP contribution in [0.1, 0.15) is 21.7 Å². The largest absolute Gasteiger partial charge is 0.298 e. The molecular formula is C14H11BrN4OS. The molecule has 0 unspecified atom stereocenters. The molecule has 0 radical (unpaired) electrons. The second kappa shape index (κ2) is 5.50. The molecule has 0 bridgehead atoms. The van der Waals surface area contributed by atoms with Gasteiger partial charge in [0.15, 0.2) is 6.29 Å². The minimum absolute atomic E-state index is 0.470. The summed E-state index contributed by atoms with van der Waals surface area (Å²) < 4.78 is 2.54. The van der Waals surface area contributed by atoms with E-state index < -0.39 is 0 Å². The molecule has 0 aliphatic rings. The molecule has 0 fully saturated rings. The maximum atomic E-state index is 11.3. The first kappa shape index (κ1) is 14.1. The molecule has 0 spiro atoms. The Labute approximate surface area is 133 Å². The molecule has 3 aromatic heterocycles. The van der Waals surface area contributed by atoms with Gasteiger partial charge in [-0.1, -0.05) is 0 Å². The van der Waals surface area contributed by atoms with Gasteiger partial charge in [-0.2, -0.15) is 5.10 Å². The van der Waals surface area contributed by atoms with Crippen molar-refractivity contribution >= 4 is 33.6 Å². The molecule has 0 atom stereocenters. The van der Waals surface area contributed by atoms with Crippen LogP contribution in [0, 0.1) is 13.8 Å². The first-order chi connectivity index (χ1) is 10.1. The van der Waals surface area contributed by atoms with Gasteiger partial charge in [-0.3, -0.25) is 4.79 Å². The fourth-order valence-corrected chi connectivity index (χ4v) is 3.41. The van der Waals surface area contributed by atoms with Crippen LogP contribution in [0.4, 0.5) is 0 Å². The number of carbonyl (C=O) groups excluding carboxylic acids is 1. The van der Waals surface area contributed by atoms with Crippen LogP contribution >= 0.6 is 27.3 Å². The lowest BCUT2D eigenvalue weighted by atomic mass is 10.2. The molecule has 0 aliphatic carbocycles. The van der Waals surface area contributed by atoms with Gasteiger partial charge in [-0.15, -0.1) is 11.3 Å². The van der Waals surface area contributed by atoms with E-state index in [1.807, 2.05) is 32.0 Å². The fraction of sp³-hybridized carbons (Fsp3) is 0.143. The lowest BCUT2D eigenvalue weighted by Gasteiger charge is -2.02. The van der Waals surface area contributed by atoms with Gasteiger partial charge in [0, 0.05) is 17.6 Å². The van der Waals surface area contributed by atoms with E-state index >= 15 is 0 Å². The summed E-state index contributed by atoms with van der Waals surface area (Å²) in [4.78, 5) is 20.9. The number of thiophene rings is 1. The van der Waals surface area contributed by atoms with E-state index in [9.17, 15) is 4.79 Å². The standard InChI is InChI=1S/C14H11BrN4OS/c1-8-5-9(2)17-14(16-8)19-6-10(7-20)13(18-19)11-3-4-12(15)21-11/h3-7H,1-2H3. The zero-order valence-corrected chi connectivity index (χ0v) is 13.8. The number of halogens is 1. The summed E-state index contributed by atoms with van der Waals surface area (Å²) in [5.74, 6) is 0.470. The van der Waals surface area contributed by atoms with E-state index in [2.05, 4.69) is 31.0 Å². The van der Waals surface area contributed by atoms with Crippen LogP contribution in [-0.2, 0) is 0 Å². The number of hydrogen-bond acceptors (Lipinski definition) is 5. The molecule has 0 saturated heterocycles. The highest BCUT2D eigenvalue weighted by molar-refractivity contribution is 9.11. The smallest absolute Gasteiger partial charge is 0.250 e. The van der Waals surface area contributed by atoms with Crippen molar-refractivity contribution in [3.63, 3.8) is 0 Å². The van der Waals surface area contributed by atoms with Crippen LogP contribution in [0.5, 0.6) is 0 Å². The summed E-state index contributed by atoms with van der Waals surface area (Å²) in [6, 6.07) is 5.75. The SMILES string of the molecule is Cc1cc(C)nc(-n2cc(C=O)c(-c3ccc(Br)s3)n2)n1. The third-order valence-electron chi connectivity index (χ3n) is 2.85. The van der Waals surface area contributed by atoms with Gasteiger partial charge >= 0.3 is 0 Å². The highest BCUT2D eigenvalue weighted by atomic mass is 79.9. The van der Waals surface area contributed by atoms with E-state index in [4.69, 9.17) is 0 Å². The zero-order chi connectivity index (χ0) is 15.0. The number of aldehydes is 1. The summed E-state index contributed by atoms with van der Waals surface area (Å²) in [6.45, 7) is 3.80. The van der Waals surface area contributed by atoms with Crippen LogP contribution in [0.15, 0.2) is 28.2 Å². The number of rotatable bonds is 3. The van der Waals surface area contributed by atoms with Crippen molar-refractivity contribution in [1.82, 2.24) is 19.7 Å². The zero-order valence-electron chi connectivity index (χ0n) is 11.4. The maximum absolute atomic E-state index is 11.3. The van der Waals surface area contributed by atoms with Crippen molar-refractivity contribution in [2.24, 2.45) is 0 Å². The molecule has 21 heavy (non-hydrogen) atoms. The molecule has 5 nitrogen and oxygen atoms in total. The lowest BCUT2D eigenvalue weighted by molar-refractivity contribution is 0.112. The first-order valence-electron chi connectivity index (χ1n) is 6.20. The first-order valence-corrected chi connectivity index (χ1v) is 7.81. The second-order valence-electron chi connectivity index (χ2n) is 4.55. The van der Waals surface area contributed by atoms with Crippen LogP contribution in [0.2, 0.25) is 0 Å². The Morgan fingerprint density at radius 1 is 1.24 bits per heavy atom. The normalized spacial score (nSPS) is 10.8. The number of hydrogen-bond donors (Lipinski definition) is 0. The Kier molecular flexibility index (Phi) is 3.69. The van der Waals surface area contributed by atoms with Crippen LogP contribution in [0.25, 0.3) is 16.5 Å². The van der Waals surface area contributed by atoms with Gasteiger partial charge in [0.25, 0.3) is 5.95 Å². The highest BCUT2D eigenvalue weighted by Crippen LogP contribution is 2.32. The van der Waals surface area contributed by atoms with Gasteiger partial charge in [0.05, 0.1) is 14.2 Å². The number of aromatic nitrogens is 4.